The molecule has 0 bridgehead atoms. The van der Waals surface area contributed by atoms with E-state index in [-0.39, 0.29) is 40.4 Å². The minimum Gasteiger partial charge on any atom is -0.507 e. The van der Waals surface area contributed by atoms with Crippen molar-refractivity contribution in [3.8, 4) is 0 Å². The van der Waals surface area contributed by atoms with E-state index in [9.17, 15) is 33.2 Å². The second kappa shape index (κ2) is 20.5. The summed E-state index contributed by atoms with van der Waals surface area (Å²) in [7, 11) is -8.12. The van der Waals surface area contributed by atoms with Gasteiger partial charge in [0.05, 0.1) is 16.4 Å². The van der Waals surface area contributed by atoms with Crippen LogP contribution in [0.15, 0.2) is 119 Å². The summed E-state index contributed by atoms with van der Waals surface area (Å²) in [6.07, 6.45) is 4.60. The summed E-state index contributed by atoms with van der Waals surface area (Å²) in [4.78, 5) is 60.7. The number of sulfone groups is 1. The number of aliphatic hydroxyl groups is 2. The van der Waals surface area contributed by atoms with Crippen molar-refractivity contribution in [1.82, 2.24) is 9.55 Å². The third-order valence-corrected chi connectivity index (χ3v) is 11.6. The summed E-state index contributed by atoms with van der Waals surface area (Å²) in [5, 5.41) is 30.4. The molecule has 20 heteroatoms. The van der Waals surface area contributed by atoms with Gasteiger partial charge in [-0.15, -0.1) is 0 Å². The number of nitrogen functional groups attached to an aromatic ring is 2. The summed E-state index contributed by atoms with van der Waals surface area (Å²) >= 11 is 5.96. The number of benzene rings is 4. The molecule has 1 saturated carbocycles. The molecule has 1 heterocycles. The van der Waals surface area contributed by atoms with Crippen molar-refractivity contribution in [2.45, 2.75) is 54.9 Å². The van der Waals surface area contributed by atoms with Crippen molar-refractivity contribution in [1.29, 1.82) is 0 Å². The van der Waals surface area contributed by atoms with Crippen LogP contribution in [0.3, 0.4) is 0 Å². The third-order valence-electron chi connectivity index (χ3n) is 9.54. The van der Waals surface area contributed by atoms with Gasteiger partial charge < -0.3 is 46.5 Å². The highest BCUT2D eigenvalue weighted by Gasteiger charge is 2.38. The minimum absolute atomic E-state index is 0.0138. The number of fused-ring (bicyclic) bond motifs is 1. The number of aliphatic hydroxyl groups excluding tert-OH is 2. The Labute approximate surface area is 349 Å². The maximum atomic E-state index is 12.6. The van der Waals surface area contributed by atoms with Gasteiger partial charge in [-0.2, -0.15) is 0 Å². The molecule has 7 rings (SSSR count). The van der Waals surface area contributed by atoms with Crippen molar-refractivity contribution in [3.05, 3.63) is 146 Å². The van der Waals surface area contributed by atoms with Gasteiger partial charge in [-0.3, -0.25) is 9.59 Å². The fourth-order valence-corrected chi connectivity index (χ4v) is 8.01. The third kappa shape index (κ3) is 12.4. The molecule has 0 aliphatic heterocycles. The van der Waals surface area contributed by atoms with Crippen molar-refractivity contribution in [2.24, 2.45) is 5.92 Å². The predicted octanol–water partition coefficient (Wildman–Crippen LogP) is 6.20. The highest BCUT2D eigenvalue weighted by Crippen LogP contribution is 2.42. The molecule has 0 atom stereocenters. The summed E-state index contributed by atoms with van der Waals surface area (Å²) < 4.78 is 34.6. The number of hydrogen-bond acceptors (Lipinski definition) is 12. The number of nitrogens with two attached hydrogens (primary N) is 2. The highest BCUT2D eigenvalue weighted by atomic mass is 35.5. The number of nitro groups is 1. The van der Waals surface area contributed by atoms with Gasteiger partial charge in [0.2, 0.25) is 21.4 Å². The molecule has 9 N–H and O–H groups in total. The summed E-state index contributed by atoms with van der Waals surface area (Å²) in [5.74, 6) is -0.252. The molecule has 2 aliphatic carbocycles. The van der Waals surface area contributed by atoms with Gasteiger partial charge in [0.25, 0.3) is 0 Å². The van der Waals surface area contributed by atoms with Gasteiger partial charge in [-0.05, 0) is 109 Å². The second-order valence-corrected chi connectivity index (χ2v) is 16.9. The largest absolute Gasteiger partial charge is 0.507 e. The Balaban J connectivity index is 0.000000201. The van der Waals surface area contributed by atoms with Crippen LogP contribution < -0.4 is 11.5 Å². The Bertz CT molecular complexity index is 2440. The van der Waals surface area contributed by atoms with E-state index in [1.54, 1.807) is 55.5 Å². The van der Waals surface area contributed by atoms with Crippen LogP contribution in [0.2, 0.25) is 5.02 Å². The van der Waals surface area contributed by atoms with Crippen molar-refractivity contribution in [2.75, 3.05) is 18.1 Å². The summed E-state index contributed by atoms with van der Waals surface area (Å²) in [6.45, 7) is 1.74. The van der Waals surface area contributed by atoms with Gasteiger partial charge in [0, 0.05) is 40.0 Å². The lowest BCUT2D eigenvalue weighted by Gasteiger charge is -2.31. The molecule has 17 nitrogen and oxygen atoms in total. The predicted molar refractivity (Wildman–Crippen MR) is 224 cm³/mol. The van der Waals surface area contributed by atoms with E-state index in [1.165, 1.54) is 40.6 Å². The monoisotopic (exact) mass is 883 g/mol. The second-order valence-electron chi connectivity index (χ2n) is 13.5. The smallest absolute Gasteiger partial charge is 0.466 e. The number of ketones is 2. The maximum Gasteiger partial charge on any atom is 0.466 e. The van der Waals surface area contributed by atoms with Crippen LogP contribution in [-0.4, -0.2) is 66.0 Å². The first-order chi connectivity index (χ1) is 28.2. The van der Waals surface area contributed by atoms with Crippen molar-refractivity contribution < 1.29 is 52.4 Å². The zero-order valence-electron chi connectivity index (χ0n) is 32.0. The Kier molecular flexibility index (Phi) is 16.0. The maximum absolute atomic E-state index is 12.6. The van der Waals surface area contributed by atoms with Crippen molar-refractivity contribution in [3.63, 3.8) is 0 Å². The first-order valence-electron chi connectivity index (χ1n) is 18.1. The van der Waals surface area contributed by atoms with Gasteiger partial charge in [0.15, 0.2) is 5.82 Å². The molecule has 318 valence electrons. The number of carbonyl (C=O) groups is 2. The van der Waals surface area contributed by atoms with Crippen LogP contribution in [0.25, 0.3) is 5.76 Å². The normalized spacial score (nSPS) is 16.2. The number of Topliss-reactive ketones (excluding diaryl/α,β-unsaturated/α-hetero) is 2. The number of rotatable bonds is 7. The minimum atomic E-state index is -4.64. The van der Waals surface area contributed by atoms with Gasteiger partial charge in [-0.25, -0.2) is 22.5 Å². The Morgan fingerprint density at radius 3 is 1.75 bits per heavy atom. The van der Waals surface area contributed by atoms with Gasteiger partial charge in [0.1, 0.15) is 18.5 Å². The zero-order valence-corrected chi connectivity index (χ0v) is 34.5. The molecule has 60 heavy (non-hydrogen) atoms. The molecule has 4 aromatic carbocycles. The van der Waals surface area contributed by atoms with Crippen LogP contribution in [0, 0.1) is 23.0 Å². The quantitative estimate of drug-likeness (QED) is 0.0315. The molecule has 1 aromatic heterocycles. The highest BCUT2D eigenvalue weighted by molar-refractivity contribution is 7.91. The lowest BCUT2D eigenvalue weighted by atomic mass is 9.72. The number of phosphoric acid groups is 1. The molecule has 0 radical (unpaired) electrons. The number of carbonyl (C=O) groups excluding carboxylic acids is 2. The standard InChI is InChI=1S/C22H19ClO3.C12H12N2O2S.C6H9N3O3.H3O4P/c23-16-11-9-14(10-12-16)13-5-7-15(8-6-13)19-20(24)17-3-1-2-4-18(17)21(25)22(19)26;13-9-1-5-11(6-2-9)17(15,16)12-7-3-10(14)4-8-12;1-5-7-4-6(9(11)12)8(5)2-3-10;1-5(2,3)4/h1-4,9-13,15,24H,5-8H2;1-8H,13-14H2;4,10H,2-3H2,1H3;(H3,1,2,3,4). The molecular weight excluding hydrogens is 841 g/mol. The molecular formula is C40H43ClN5O12PS. The topological polar surface area (TPSA) is 300 Å². The number of aromatic nitrogens is 2. The van der Waals surface area contributed by atoms with E-state index in [0.717, 1.165) is 30.7 Å². The van der Waals surface area contributed by atoms with Crippen LogP contribution in [0.4, 0.5) is 17.2 Å². The molecule has 2 aliphatic rings. The van der Waals surface area contributed by atoms with Gasteiger partial charge >= 0.3 is 13.6 Å². The number of halogens is 1. The molecule has 1 fully saturated rings. The van der Waals surface area contributed by atoms with Crippen LogP contribution >= 0.6 is 19.4 Å². The fraction of sp³-hybridized carbons (Fsp3) is 0.225. The fourth-order valence-electron chi connectivity index (χ4n) is 6.62. The van der Waals surface area contributed by atoms with Crippen LogP contribution in [-0.2, 0) is 25.7 Å². The van der Waals surface area contributed by atoms with E-state index in [2.05, 4.69) is 17.1 Å². The molecule has 0 spiro atoms. The first-order valence-corrected chi connectivity index (χ1v) is 21.5. The Morgan fingerprint density at radius 2 is 1.28 bits per heavy atom. The molecule has 0 unspecified atom stereocenters. The Hall–Kier alpha value is -5.72. The molecule has 0 amide bonds. The number of aryl methyl sites for hydroxylation is 1. The first kappa shape index (κ1) is 47.0. The summed E-state index contributed by atoms with van der Waals surface area (Å²) in [5.41, 5.74) is 14.4. The number of nitrogens with zero attached hydrogens (tertiary/aromatic N) is 3. The van der Waals surface area contributed by atoms with E-state index in [4.69, 9.17) is 47.4 Å². The van der Waals surface area contributed by atoms with Crippen LogP contribution in [0.1, 0.15) is 58.9 Å². The lowest BCUT2D eigenvalue weighted by Crippen LogP contribution is -2.29. The van der Waals surface area contributed by atoms with Crippen LogP contribution in [0.5, 0.6) is 0 Å². The number of anilines is 2. The Morgan fingerprint density at radius 1 is 0.817 bits per heavy atom. The SMILES string of the molecule is Cc1ncc([N+](=O)[O-])n1CCO.Nc1ccc(S(=O)(=O)c2ccc(N)cc2)cc1.O=C1C(=O)c2ccccc2C(O)=C1C1CCC(c2ccc(Cl)cc2)CC1.O=P(O)(O)O. The average Bonchev–Trinajstić information content (AvgIpc) is 3.58. The van der Waals surface area contributed by atoms with Gasteiger partial charge in [-0.1, -0.05) is 48.0 Å². The molecule has 0 saturated heterocycles. The van der Waals surface area contributed by atoms with E-state index >= 15 is 0 Å². The number of imidazole rings is 1. The average molecular weight is 884 g/mol. The summed E-state index contributed by atoms with van der Waals surface area (Å²) in [6, 6.07) is 26.9. The van der Waals surface area contributed by atoms with E-state index < -0.39 is 34.1 Å². The zero-order chi connectivity index (χ0) is 44.4. The molecule has 5 aromatic rings. The van der Waals surface area contributed by atoms with E-state index in [0.29, 0.717) is 39.8 Å². The van der Waals surface area contributed by atoms with E-state index in [1.807, 2.05) is 12.1 Å². The number of hydrogen-bond donors (Lipinski definition) is 7. The lowest BCUT2D eigenvalue weighted by molar-refractivity contribution is -0.392. The number of allylic oxidation sites excluding steroid dienone is 1. The van der Waals surface area contributed by atoms with Crippen molar-refractivity contribution >= 4 is 63.8 Å².